The second-order valence-electron chi connectivity index (χ2n) is 5.62. The molecule has 0 N–H and O–H groups in total. The van der Waals surface area contributed by atoms with Gasteiger partial charge in [-0.15, -0.1) is 0 Å². The van der Waals surface area contributed by atoms with E-state index in [0.717, 1.165) is 24.2 Å². The lowest BCUT2D eigenvalue weighted by molar-refractivity contribution is -0.420. The van der Waals surface area contributed by atoms with Crippen molar-refractivity contribution < 1.29 is 19.2 Å². The molecule has 0 amide bonds. The first-order valence-electron chi connectivity index (χ1n) is 7.06. The third-order valence-electron chi connectivity index (χ3n) is 2.54. The van der Waals surface area contributed by atoms with Gasteiger partial charge in [0.15, 0.2) is 0 Å². The zero-order valence-electron chi connectivity index (χ0n) is 13.1. The second kappa shape index (κ2) is 8.25. The molecule has 0 spiro atoms. The van der Waals surface area contributed by atoms with Gasteiger partial charge in [-0.3, -0.25) is 0 Å². The summed E-state index contributed by atoms with van der Waals surface area (Å²) in [6.45, 7) is 8.57. The van der Waals surface area contributed by atoms with Gasteiger partial charge < -0.3 is 9.47 Å². The molecule has 0 aliphatic heterocycles. The standard InChI is InChI=1S/C16H26O4/c1-6-7-12-18-15(19-20-16(2,3)4)13-8-10-14(17-5)11-9-13/h8-11,15H,6-7,12H2,1-5H3. The van der Waals surface area contributed by atoms with E-state index in [0.29, 0.717) is 6.61 Å². The molecule has 0 saturated carbocycles. The number of hydrogen-bond donors (Lipinski definition) is 0. The van der Waals surface area contributed by atoms with Crippen LogP contribution in [0.4, 0.5) is 0 Å². The Hall–Kier alpha value is -1.10. The molecule has 0 heterocycles. The summed E-state index contributed by atoms with van der Waals surface area (Å²) in [7, 11) is 1.64. The van der Waals surface area contributed by atoms with Crippen LogP contribution in [0, 0.1) is 0 Å². The van der Waals surface area contributed by atoms with Crippen LogP contribution >= 0.6 is 0 Å². The Balaban J connectivity index is 2.68. The van der Waals surface area contributed by atoms with Crippen LogP contribution in [0.1, 0.15) is 52.4 Å². The average Bonchev–Trinajstić information content (AvgIpc) is 2.42. The first-order valence-corrected chi connectivity index (χ1v) is 7.06. The predicted octanol–water partition coefficient (Wildman–Crippen LogP) is 4.26. The van der Waals surface area contributed by atoms with Gasteiger partial charge in [-0.1, -0.05) is 25.5 Å². The minimum atomic E-state index is -0.522. The van der Waals surface area contributed by atoms with Crippen molar-refractivity contribution in [1.29, 1.82) is 0 Å². The van der Waals surface area contributed by atoms with Crippen LogP contribution in [0.15, 0.2) is 24.3 Å². The molecule has 0 aliphatic rings. The molecule has 1 rings (SSSR count). The van der Waals surface area contributed by atoms with Crippen LogP contribution in [0.2, 0.25) is 0 Å². The van der Waals surface area contributed by atoms with E-state index in [-0.39, 0.29) is 5.60 Å². The zero-order valence-corrected chi connectivity index (χ0v) is 13.1. The van der Waals surface area contributed by atoms with Crippen LogP contribution in [0.3, 0.4) is 0 Å². The Kier molecular flexibility index (Phi) is 6.99. The third-order valence-corrected chi connectivity index (χ3v) is 2.54. The molecule has 1 unspecified atom stereocenters. The Bertz CT molecular complexity index is 367. The lowest BCUT2D eigenvalue weighted by atomic mass is 10.2. The van der Waals surface area contributed by atoms with E-state index in [9.17, 15) is 0 Å². The van der Waals surface area contributed by atoms with Gasteiger partial charge in [-0.05, 0) is 39.3 Å². The summed E-state index contributed by atoms with van der Waals surface area (Å²) in [5.74, 6) is 0.804. The van der Waals surface area contributed by atoms with Gasteiger partial charge >= 0.3 is 0 Å². The minimum Gasteiger partial charge on any atom is -0.497 e. The highest BCUT2D eigenvalue weighted by atomic mass is 17.2. The molecule has 1 aromatic carbocycles. The predicted molar refractivity (Wildman–Crippen MR) is 78.5 cm³/mol. The Morgan fingerprint density at radius 1 is 1.10 bits per heavy atom. The number of rotatable bonds is 8. The topological polar surface area (TPSA) is 36.9 Å². The lowest BCUT2D eigenvalue weighted by Gasteiger charge is -2.23. The number of unbranched alkanes of at least 4 members (excludes halogenated alkanes) is 1. The molecular formula is C16H26O4. The minimum absolute atomic E-state index is 0.376. The number of benzene rings is 1. The van der Waals surface area contributed by atoms with Crippen molar-refractivity contribution in [2.24, 2.45) is 0 Å². The van der Waals surface area contributed by atoms with E-state index < -0.39 is 6.29 Å². The first-order chi connectivity index (χ1) is 9.46. The van der Waals surface area contributed by atoms with Gasteiger partial charge in [0, 0.05) is 5.56 Å². The lowest BCUT2D eigenvalue weighted by Crippen LogP contribution is -2.22. The molecular weight excluding hydrogens is 256 g/mol. The van der Waals surface area contributed by atoms with E-state index in [4.69, 9.17) is 19.2 Å². The highest BCUT2D eigenvalue weighted by Crippen LogP contribution is 2.24. The number of ether oxygens (including phenoxy) is 2. The van der Waals surface area contributed by atoms with Crippen molar-refractivity contribution in [3.05, 3.63) is 29.8 Å². The number of methoxy groups -OCH3 is 1. The quantitative estimate of drug-likeness (QED) is 0.309. The average molecular weight is 282 g/mol. The molecule has 0 fully saturated rings. The van der Waals surface area contributed by atoms with Crippen LogP contribution < -0.4 is 4.74 Å². The second-order valence-corrected chi connectivity index (χ2v) is 5.62. The van der Waals surface area contributed by atoms with E-state index in [2.05, 4.69) is 6.92 Å². The van der Waals surface area contributed by atoms with Crippen molar-refractivity contribution in [1.82, 2.24) is 0 Å². The SMILES string of the molecule is CCCCOC(OOC(C)(C)C)c1ccc(OC)cc1. The molecule has 1 atom stereocenters. The Morgan fingerprint density at radius 3 is 2.25 bits per heavy atom. The summed E-state index contributed by atoms with van der Waals surface area (Å²) in [5.41, 5.74) is 0.532. The van der Waals surface area contributed by atoms with Crippen LogP contribution in [0.5, 0.6) is 5.75 Å². The van der Waals surface area contributed by atoms with E-state index >= 15 is 0 Å². The summed E-state index contributed by atoms with van der Waals surface area (Å²) < 4.78 is 10.9. The molecule has 0 radical (unpaired) electrons. The first kappa shape index (κ1) is 17.0. The highest BCUT2D eigenvalue weighted by Gasteiger charge is 2.19. The van der Waals surface area contributed by atoms with Gasteiger partial charge in [0.1, 0.15) is 5.75 Å². The van der Waals surface area contributed by atoms with Gasteiger partial charge in [0.25, 0.3) is 0 Å². The molecule has 20 heavy (non-hydrogen) atoms. The van der Waals surface area contributed by atoms with Crippen molar-refractivity contribution >= 4 is 0 Å². The zero-order chi connectivity index (χ0) is 15.0. The summed E-state index contributed by atoms with van der Waals surface area (Å²) in [6.07, 6.45) is 1.55. The Morgan fingerprint density at radius 2 is 1.75 bits per heavy atom. The van der Waals surface area contributed by atoms with Crippen molar-refractivity contribution in [2.75, 3.05) is 13.7 Å². The van der Waals surface area contributed by atoms with Gasteiger partial charge in [0.2, 0.25) is 6.29 Å². The molecule has 4 heteroatoms. The van der Waals surface area contributed by atoms with Crippen molar-refractivity contribution in [3.8, 4) is 5.75 Å². The molecule has 0 aromatic heterocycles. The van der Waals surface area contributed by atoms with Crippen LogP contribution in [-0.2, 0) is 14.5 Å². The van der Waals surface area contributed by atoms with Crippen LogP contribution in [-0.4, -0.2) is 19.3 Å². The van der Waals surface area contributed by atoms with Gasteiger partial charge in [-0.2, -0.15) is 4.89 Å². The molecule has 0 saturated heterocycles. The summed E-state index contributed by atoms with van der Waals surface area (Å²) in [6, 6.07) is 7.60. The summed E-state index contributed by atoms with van der Waals surface area (Å²) >= 11 is 0. The normalized spacial score (nSPS) is 13.2. The third kappa shape index (κ3) is 6.37. The maximum absolute atomic E-state index is 5.75. The fourth-order valence-corrected chi connectivity index (χ4v) is 1.46. The van der Waals surface area contributed by atoms with Crippen LogP contribution in [0.25, 0.3) is 0 Å². The largest absolute Gasteiger partial charge is 0.497 e. The highest BCUT2D eigenvalue weighted by molar-refractivity contribution is 5.27. The van der Waals surface area contributed by atoms with Crippen molar-refractivity contribution in [2.45, 2.75) is 52.4 Å². The summed E-state index contributed by atoms with van der Waals surface area (Å²) in [5, 5.41) is 0. The fourth-order valence-electron chi connectivity index (χ4n) is 1.46. The monoisotopic (exact) mass is 282 g/mol. The van der Waals surface area contributed by atoms with Crippen molar-refractivity contribution in [3.63, 3.8) is 0 Å². The molecule has 1 aromatic rings. The van der Waals surface area contributed by atoms with Gasteiger partial charge in [0.05, 0.1) is 19.3 Å². The molecule has 0 bridgehead atoms. The van der Waals surface area contributed by atoms with Gasteiger partial charge in [-0.25, -0.2) is 4.89 Å². The maximum atomic E-state index is 5.75. The number of hydrogen-bond acceptors (Lipinski definition) is 4. The van der Waals surface area contributed by atoms with E-state index in [1.54, 1.807) is 7.11 Å². The van der Waals surface area contributed by atoms with E-state index in [1.807, 2.05) is 45.0 Å². The Labute approximate surface area is 121 Å². The maximum Gasteiger partial charge on any atom is 0.217 e. The molecule has 114 valence electrons. The smallest absolute Gasteiger partial charge is 0.217 e. The van der Waals surface area contributed by atoms with E-state index in [1.165, 1.54) is 0 Å². The fraction of sp³-hybridized carbons (Fsp3) is 0.625. The summed E-state index contributed by atoms with van der Waals surface area (Å²) in [4.78, 5) is 10.8. The molecule has 4 nitrogen and oxygen atoms in total. The molecule has 0 aliphatic carbocycles.